The van der Waals surface area contributed by atoms with Crippen LogP contribution >= 0.6 is 0 Å². The van der Waals surface area contributed by atoms with Gasteiger partial charge in [0.25, 0.3) is 0 Å². The molecule has 2 rings (SSSR count). The molecule has 1 heterocycles. The van der Waals surface area contributed by atoms with Crippen LogP contribution in [-0.4, -0.2) is 54.7 Å². The molecule has 0 fully saturated rings. The molecule has 0 unspecified atom stereocenters. The van der Waals surface area contributed by atoms with Crippen LogP contribution < -0.4 is 9.21 Å². The van der Waals surface area contributed by atoms with E-state index >= 15 is 0 Å². The second-order valence-electron chi connectivity index (χ2n) is 5.07. The van der Waals surface area contributed by atoms with E-state index in [9.17, 15) is 21.2 Å². The van der Waals surface area contributed by atoms with Crippen molar-refractivity contribution in [3.8, 4) is 0 Å². The molecule has 0 bridgehead atoms. The zero-order valence-corrected chi connectivity index (χ0v) is 13.4. The molecule has 1 aliphatic heterocycles. The number of sulfonamides is 1. The van der Waals surface area contributed by atoms with E-state index in [0.29, 0.717) is 12.2 Å². The van der Waals surface area contributed by atoms with Crippen LogP contribution in [0.15, 0.2) is 18.2 Å². The van der Waals surface area contributed by atoms with Crippen LogP contribution in [0.3, 0.4) is 0 Å². The highest BCUT2D eigenvalue weighted by Crippen LogP contribution is 2.34. The fourth-order valence-corrected chi connectivity index (χ4v) is 5.24. The second-order valence-corrected chi connectivity index (χ2v) is 9.35. The van der Waals surface area contributed by atoms with Gasteiger partial charge in [-0.05, 0) is 12.1 Å². The minimum Gasteiger partial charge on any atom is -0.371 e. The van der Waals surface area contributed by atoms with E-state index in [2.05, 4.69) is 0 Å². The van der Waals surface area contributed by atoms with Crippen molar-refractivity contribution in [3.63, 3.8) is 0 Å². The number of likely N-dealkylation sites (N-methyl/N-ethyl adjacent to an activating group) is 1. The lowest BCUT2D eigenvalue weighted by atomic mass is 10.2. The molecule has 0 saturated heterocycles. The van der Waals surface area contributed by atoms with Crippen molar-refractivity contribution >= 4 is 31.2 Å². The molecule has 0 spiro atoms. The molecule has 1 aromatic carbocycles. The topological polar surface area (TPSA) is 74.8 Å². The first-order valence-electron chi connectivity index (χ1n) is 6.29. The number of hydrogen-bond acceptors (Lipinski definition) is 5. The highest BCUT2D eigenvalue weighted by molar-refractivity contribution is 7.95. The maximum atomic E-state index is 13.4. The maximum Gasteiger partial charge on any atom is 0.236 e. The largest absolute Gasteiger partial charge is 0.371 e. The Morgan fingerprint density at radius 3 is 2.38 bits per heavy atom. The zero-order chi connectivity index (χ0) is 15.8. The average Bonchev–Trinajstić information content (AvgIpc) is 2.35. The molecule has 0 aromatic heterocycles. The predicted octanol–water partition coefficient (Wildman–Crippen LogP) is 0.456. The van der Waals surface area contributed by atoms with Crippen LogP contribution in [0.4, 0.5) is 15.8 Å². The van der Waals surface area contributed by atoms with Gasteiger partial charge in [0, 0.05) is 25.9 Å². The molecule has 1 aliphatic rings. The Hall–Kier alpha value is -1.35. The highest BCUT2D eigenvalue weighted by atomic mass is 32.2. The fraction of sp³-hybridized carbons (Fsp3) is 0.500. The maximum absolute atomic E-state index is 13.4. The van der Waals surface area contributed by atoms with Crippen molar-refractivity contribution in [1.29, 1.82) is 0 Å². The minimum atomic E-state index is -3.81. The lowest BCUT2D eigenvalue weighted by Gasteiger charge is -2.36. The number of fused-ring (bicyclic) bond motifs is 1. The molecule has 0 saturated carbocycles. The molecular weight excluding hydrogens is 319 g/mol. The van der Waals surface area contributed by atoms with Gasteiger partial charge >= 0.3 is 0 Å². The molecule has 9 heteroatoms. The van der Waals surface area contributed by atoms with Gasteiger partial charge in [-0.3, -0.25) is 4.31 Å². The summed E-state index contributed by atoms with van der Waals surface area (Å²) in [5.74, 6) is -1.50. The summed E-state index contributed by atoms with van der Waals surface area (Å²) in [6.07, 6.45) is 0.986. The summed E-state index contributed by atoms with van der Waals surface area (Å²) in [6, 6.07) is 3.94. The molecule has 0 atom stereocenters. The Kier molecular flexibility index (Phi) is 4.16. The summed E-state index contributed by atoms with van der Waals surface area (Å²) in [4.78, 5) is 1.83. The average molecular weight is 336 g/mol. The standard InChI is InChI=1S/C12H17FN2O4S2/c1-14-5-6-15(12-9-10(13)3-4-11(12)14)21(18,19)8-7-20(2,16)17/h3-4,9H,5-8H2,1-2H3. The summed E-state index contributed by atoms with van der Waals surface area (Å²) in [5, 5.41) is 0. The molecule has 0 amide bonds. The number of rotatable bonds is 4. The Bertz CT molecular complexity index is 747. The molecular formula is C12H17FN2O4S2. The first kappa shape index (κ1) is 16.0. The van der Waals surface area contributed by atoms with Gasteiger partial charge in [0.05, 0.1) is 29.4 Å². The summed E-state index contributed by atoms with van der Waals surface area (Å²) >= 11 is 0. The summed E-state index contributed by atoms with van der Waals surface area (Å²) in [5.41, 5.74) is 0.850. The van der Waals surface area contributed by atoms with Crippen LogP contribution in [0, 0.1) is 5.82 Å². The van der Waals surface area contributed by atoms with Crippen molar-refractivity contribution < 1.29 is 21.2 Å². The normalized spacial score (nSPS) is 16.0. The van der Waals surface area contributed by atoms with Crippen LogP contribution in [0.5, 0.6) is 0 Å². The van der Waals surface area contributed by atoms with Crippen LogP contribution in [-0.2, 0) is 19.9 Å². The lowest BCUT2D eigenvalue weighted by Crippen LogP contribution is -2.44. The van der Waals surface area contributed by atoms with Gasteiger partial charge in [0.15, 0.2) is 0 Å². The zero-order valence-electron chi connectivity index (χ0n) is 11.8. The van der Waals surface area contributed by atoms with E-state index < -0.39 is 37.2 Å². The van der Waals surface area contributed by atoms with Crippen LogP contribution in [0.25, 0.3) is 0 Å². The Morgan fingerprint density at radius 2 is 1.76 bits per heavy atom. The Balaban J connectivity index is 2.38. The van der Waals surface area contributed by atoms with Crippen molar-refractivity contribution in [1.82, 2.24) is 0 Å². The number of anilines is 2. The summed E-state index contributed by atoms with van der Waals surface area (Å²) in [7, 11) is -5.40. The van der Waals surface area contributed by atoms with E-state index in [1.54, 1.807) is 7.05 Å². The number of benzene rings is 1. The smallest absolute Gasteiger partial charge is 0.236 e. The number of hydrogen-bond donors (Lipinski definition) is 0. The molecule has 0 aliphatic carbocycles. The van der Waals surface area contributed by atoms with E-state index in [1.165, 1.54) is 12.1 Å². The summed E-state index contributed by atoms with van der Waals surface area (Å²) < 4.78 is 61.5. The third-order valence-corrected chi connectivity index (χ3v) is 6.28. The van der Waals surface area contributed by atoms with Crippen LogP contribution in [0.1, 0.15) is 0 Å². The van der Waals surface area contributed by atoms with Crippen molar-refractivity contribution in [2.24, 2.45) is 0 Å². The molecule has 6 nitrogen and oxygen atoms in total. The van der Waals surface area contributed by atoms with Crippen molar-refractivity contribution in [2.45, 2.75) is 0 Å². The van der Waals surface area contributed by atoms with Gasteiger partial charge in [-0.1, -0.05) is 0 Å². The molecule has 118 valence electrons. The van der Waals surface area contributed by atoms with Crippen LogP contribution in [0.2, 0.25) is 0 Å². The van der Waals surface area contributed by atoms with Gasteiger partial charge in [-0.15, -0.1) is 0 Å². The fourth-order valence-electron chi connectivity index (χ4n) is 2.16. The molecule has 0 radical (unpaired) electrons. The molecule has 0 N–H and O–H groups in total. The van der Waals surface area contributed by atoms with E-state index in [4.69, 9.17) is 0 Å². The lowest BCUT2D eigenvalue weighted by molar-refractivity contribution is 0.584. The van der Waals surface area contributed by atoms with Gasteiger partial charge in [-0.25, -0.2) is 21.2 Å². The quantitative estimate of drug-likeness (QED) is 0.798. The van der Waals surface area contributed by atoms with Gasteiger partial charge in [0.1, 0.15) is 15.7 Å². The first-order valence-corrected chi connectivity index (χ1v) is 9.96. The van der Waals surface area contributed by atoms with Gasteiger partial charge in [-0.2, -0.15) is 0 Å². The molecule has 21 heavy (non-hydrogen) atoms. The van der Waals surface area contributed by atoms with Gasteiger partial charge < -0.3 is 4.90 Å². The van der Waals surface area contributed by atoms with Crippen molar-refractivity contribution in [3.05, 3.63) is 24.0 Å². The highest BCUT2D eigenvalue weighted by Gasteiger charge is 2.30. The van der Waals surface area contributed by atoms with E-state index in [0.717, 1.165) is 16.6 Å². The Labute approximate surface area is 124 Å². The number of halogens is 1. The summed E-state index contributed by atoms with van der Waals surface area (Å²) in [6.45, 7) is 0.621. The van der Waals surface area contributed by atoms with Crippen molar-refractivity contribution in [2.75, 3.05) is 47.1 Å². The van der Waals surface area contributed by atoms with E-state index in [1.807, 2.05) is 4.90 Å². The third kappa shape index (κ3) is 3.65. The monoisotopic (exact) mass is 336 g/mol. The third-order valence-electron chi connectivity index (χ3n) is 3.30. The minimum absolute atomic E-state index is 0.166. The molecule has 1 aromatic rings. The van der Waals surface area contributed by atoms with E-state index in [-0.39, 0.29) is 12.2 Å². The number of nitrogens with zero attached hydrogens (tertiary/aromatic N) is 2. The predicted molar refractivity (Wildman–Crippen MR) is 80.5 cm³/mol. The van der Waals surface area contributed by atoms with Gasteiger partial charge in [0.2, 0.25) is 10.0 Å². The number of sulfone groups is 1. The second kappa shape index (κ2) is 5.45. The SMILES string of the molecule is CN1CCN(S(=O)(=O)CCS(C)(=O)=O)c2cc(F)ccc21. The first-order chi connectivity index (χ1) is 9.60. The Morgan fingerprint density at radius 1 is 1.10 bits per heavy atom.